The lowest BCUT2D eigenvalue weighted by molar-refractivity contribution is -0.139. The number of methoxy groups -OCH3 is 2. The monoisotopic (exact) mass is 275 g/mol. The molecule has 1 aliphatic carbocycles. The van der Waals surface area contributed by atoms with Crippen LogP contribution in [0.1, 0.15) is 30.4 Å². The smallest absolute Gasteiger partial charge is 0.420 e. The first-order chi connectivity index (χ1) is 8.81. The van der Waals surface area contributed by atoms with Crippen molar-refractivity contribution in [1.29, 1.82) is 0 Å². The first-order valence-electron chi connectivity index (χ1n) is 5.94. The van der Waals surface area contributed by atoms with E-state index in [1.54, 1.807) is 0 Å². The molecule has 3 nitrogen and oxygen atoms in total. The van der Waals surface area contributed by atoms with Gasteiger partial charge in [0.1, 0.15) is 17.1 Å². The van der Waals surface area contributed by atoms with Gasteiger partial charge in [0.05, 0.1) is 14.2 Å². The fraction of sp³-hybridized carbons (Fsp3) is 0.538. The van der Waals surface area contributed by atoms with Gasteiger partial charge < -0.3 is 15.2 Å². The van der Waals surface area contributed by atoms with Crippen LogP contribution in [0, 0.1) is 0 Å². The third-order valence-corrected chi connectivity index (χ3v) is 3.59. The van der Waals surface area contributed by atoms with Crippen molar-refractivity contribution in [2.45, 2.75) is 31.0 Å². The molecule has 0 aliphatic heterocycles. The average molecular weight is 275 g/mol. The molecule has 0 bridgehead atoms. The molecule has 106 valence electrons. The highest BCUT2D eigenvalue weighted by Crippen LogP contribution is 2.48. The van der Waals surface area contributed by atoms with E-state index in [2.05, 4.69) is 0 Å². The van der Waals surface area contributed by atoms with Gasteiger partial charge in [0, 0.05) is 11.1 Å². The van der Waals surface area contributed by atoms with E-state index in [9.17, 15) is 13.2 Å². The number of benzene rings is 1. The summed E-state index contributed by atoms with van der Waals surface area (Å²) in [4.78, 5) is 0. The molecule has 0 heterocycles. The van der Waals surface area contributed by atoms with Gasteiger partial charge in [-0.05, 0) is 31.4 Å². The average Bonchev–Trinajstić information content (AvgIpc) is 2.33. The number of hydrogen-bond acceptors (Lipinski definition) is 3. The predicted octanol–water partition coefficient (Wildman–Crippen LogP) is 3.06. The zero-order valence-electron chi connectivity index (χ0n) is 10.8. The molecule has 2 rings (SSSR count). The molecule has 1 aromatic carbocycles. The van der Waals surface area contributed by atoms with Gasteiger partial charge in [-0.15, -0.1) is 0 Å². The van der Waals surface area contributed by atoms with Gasteiger partial charge in [-0.3, -0.25) is 0 Å². The Labute approximate surface area is 109 Å². The lowest BCUT2D eigenvalue weighted by Crippen LogP contribution is -2.43. The fourth-order valence-electron chi connectivity index (χ4n) is 2.35. The first-order valence-corrected chi connectivity index (χ1v) is 5.94. The second-order valence-corrected chi connectivity index (χ2v) is 4.76. The molecule has 0 radical (unpaired) electrons. The van der Waals surface area contributed by atoms with Crippen LogP contribution in [0.4, 0.5) is 13.2 Å². The minimum atomic E-state index is -4.51. The van der Waals surface area contributed by atoms with Crippen LogP contribution in [0.3, 0.4) is 0 Å². The Morgan fingerprint density at radius 3 is 2.16 bits per heavy atom. The van der Waals surface area contributed by atoms with Crippen LogP contribution in [0.25, 0.3) is 0 Å². The summed E-state index contributed by atoms with van der Waals surface area (Å²) in [5.74, 6) is -0.0599. The van der Waals surface area contributed by atoms with Gasteiger partial charge in [-0.2, -0.15) is 13.2 Å². The van der Waals surface area contributed by atoms with Gasteiger partial charge in [0.2, 0.25) is 0 Å². The lowest BCUT2D eigenvalue weighted by Gasteiger charge is -2.40. The highest BCUT2D eigenvalue weighted by molar-refractivity contribution is 5.52. The Bertz CT molecular complexity index is 482. The van der Waals surface area contributed by atoms with Crippen molar-refractivity contribution in [3.63, 3.8) is 0 Å². The van der Waals surface area contributed by atoms with Crippen LogP contribution in [-0.2, 0) is 11.7 Å². The Hall–Kier alpha value is -1.43. The SMILES string of the molecule is COc1cc(C(F)(F)F)c(OC)c(C2(N)CCC2)c1. The molecule has 0 unspecified atom stereocenters. The van der Waals surface area contributed by atoms with Gasteiger partial charge in [-0.1, -0.05) is 0 Å². The number of ether oxygens (including phenoxy) is 2. The molecule has 0 saturated heterocycles. The molecule has 2 N–H and O–H groups in total. The molecule has 6 heteroatoms. The maximum atomic E-state index is 13.1. The second-order valence-electron chi connectivity index (χ2n) is 4.76. The van der Waals surface area contributed by atoms with E-state index < -0.39 is 17.3 Å². The van der Waals surface area contributed by atoms with E-state index in [0.717, 1.165) is 12.5 Å². The fourth-order valence-corrected chi connectivity index (χ4v) is 2.35. The van der Waals surface area contributed by atoms with Crippen molar-refractivity contribution in [3.05, 3.63) is 23.3 Å². The van der Waals surface area contributed by atoms with Crippen molar-refractivity contribution in [2.75, 3.05) is 14.2 Å². The Balaban J connectivity index is 2.64. The Morgan fingerprint density at radius 2 is 1.79 bits per heavy atom. The normalized spacial score (nSPS) is 17.8. The highest BCUT2D eigenvalue weighted by atomic mass is 19.4. The van der Waals surface area contributed by atoms with Crippen molar-refractivity contribution in [3.8, 4) is 11.5 Å². The molecular formula is C13H16F3NO2. The number of hydrogen-bond donors (Lipinski definition) is 1. The van der Waals surface area contributed by atoms with Crippen LogP contribution in [0.2, 0.25) is 0 Å². The van der Waals surface area contributed by atoms with Gasteiger partial charge in [-0.25, -0.2) is 0 Å². The molecule has 1 saturated carbocycles. The standard InChI is InChI=1S/C13H16F3NO2/c1-18-8-6-9(12(17)4-3-5-12)11(19-2)10(7-8)13(14,15)16/h6-7H,3-5,17H2,1-2H3. The van der Waals surface area contributed by atoms with Crippen molar-refractivity contribution < 1.29 is 22.6 Å². The van der Waals surface area contributed by atoms with Gasteiger partial charge in [0.15, 0.2) is 0 Å². The maximum absolute atomic E-state index is 13.1. The van der Waals surface area contributed by atoms with Crippen molar-refractivity contribution in [1.82, 2.24) is 0 Å². The molecule has 0 amide bonds. The number of nitrogens with two attached hydrogens (primary N) is 1. The summed E-state index contributed by atoms with van der Waals surface area (Å²) in [5.41, 5.74) is 4.91. The lowest BCUT2D eigenvalue weighted by atomic mass is 9.72. The summed E-state index contributed by atoms with van der Waals surface area (Å²) in [7, 11) is 2.55. The Morgan fingerprint density at radius 1 is 1.16 bits per heavy atom. The van der Waals surface area contributed by atoms with Crippen LogP contribution in [0.15, 0.2) is 12.1 Å². The van der Waals surface area contributed by atoms with E-state index in [1.807, 2.05) is 0 Å². The summed E-state index contributed by atoms with van der Waals surface area (Å²) in [6, 6.07) is 2.47. The summed E-state index contributed by atoms with van der Waals surface area (Å²) < 4.78 is 49.1. The second kappa shape index (κ2) is 4.59. The highest BCUT2D eigenvalue weighted by Gasteiger charge is 2.42. The predicted molar refractivity (Wildman–Crippen MR) is 64.3 cm³/mol. The van der Waals surface area contributed by atoms with Gasteiger partial charge in [0.25, 0.3) is 0 Å². The summed E-state index contributed by atoms with van der Waals surface area (Å²) in [6.07, 6.45) is -2.31. The molecule has 0 spiro atoms. The largest absolute Gasteiger partial charge is 0.497 e. The minimum Gasteiger partial charge on any atom is -0.497 e. The van der Waals surface area contributed by atoms with E-state index >= 15 is 0 Å². The van der Waals surface area contributed by atoms with Crippen LogP contribution in [-0.4, -0.2) is 14.2 Å². The number of rotatable bonds is 3. The Kier molecular flexibility index (Phi) is 3.38. The quantitative estimate of drug-likeness (QED) is 0.922. The van der Waals surface area contributed by atoms with E-state index in [-0.39, 0.29) is 11.5 Å². The molecule has 0 atom stereocenters. The molecule has 1 fully saturated rings. The van der Waals surface area contributed by atoms with Crippen LogP contribution in [0.5, 0.6) is 11.5 Å². The third kappa shape index (κ3) is 2.36. The zero-order valence-corrected chi connectivity index (χ0v) is 10.8. The zero-order chi connectivity index (χ0) is 14.3. The topological polar surface area (TPSA) is 44.5 Å². The number of halogens is 3. The molecular weight excluding hydrogens is 259 g/mol. The van der Waals surface area contributed by atoms with Crippen molar-refractivity contribution in [2.24, 2.45) is 5.73 Å². The van der Waals surface area contributed by atoms with E-state index in [1.165, 1.54) is 20.3 Å². The summed E-state index contributed by atoms with van der Waals surface area (Å²) in [5, 5.41) is 0. The van der Waals surface area contributed by atoms with E-state index in [0.29, 0.717) is 18.4 Å². The summed E-state index contributed by atoms with van der Waals surface area (Å²) in [6.45, 7) is 0. The van der Waals surface area contributed by atoms with Crippen LogP contribution >= 0.6 is 0 Å². The first kappa shape index (κ1) is 14.0. The van der Waals surface area contributed by atoms with Gasteiger partial charge >= 0.3 is 6.18 Å². The van der Waals surface area contributed by atoms with Crippen LogP contribution < -0.4 is 15.2 Å². The summed E-state index contributed by atoms with van der Waals surface area (Å²) >= 11 is 0. The molecule has 1 aliphatic rings. The molecule has 19 heavy (non-hydrogen) atoms. The van der Waals surface area contributed by atoms with E-state index in [4.69, 9.17) is 15.2 Å². The van der Waals surface area contributed by atoms with Crippen molar-refractivity contribution >= 4 is 0 Å². The molecule has 0 aromatic heterocycles. The minimum absolute atomic E-state index is 0.139. The number of alkyl halides is 3. The maximum Gasteiger partial charge on any atom is 0.420 e. The molecule has 1 aromatic rings. The third-order valence-electron chi connectivity index (χ3n) is 3.59.